The number of ether oxygens (including phenoxy) is 1. The lowest BCUT2D eigenvalue weighted by atomic mass is 10.2. The fraction of sp³-hybridized carbons (Fsp3) is 0.375. The second kappa shape index (κ2) is 10.8. The van der Waals surface area contributed by atoms with E-state index in [-0.39, 0.29) is 18.1 Å². The van der Waals surface area contributed by atoms with Gasteiger partial charge in [-0.05, 0) is 62.7 Å². The van der Waals surface area contributed by atoms with Gasteiger partial charge in [0.2, 0.25) is 0 Å². The van der Waals surface area contributed by atoms with Crippen molar-refractivity contribution in [3.05, 3.63) is 68.7 Å². The number of hydrogen-bond acceptors (Lipinski definition) is 4. The molecule has 0 saturated carbocycles. The Labute approximate surface area is 197 Å². The average molecular weight is 476 g/mol. The number of benzene rings is 2. The molecule has 1 atom stereocenters. The molecule has 2 aromatic carbocycles. The summed E-state index contributed by atoms with van der Waals surface area (Å²) in [6.45, 7) is 6.71. The zero-order valence-electron chi connectivity index (χ0n) is 18.5. The Morgan fingerprint density at radius 1 is 1.12 bits per heavy atom. The van der Waals surface area contributed by atoms with Crippen molar-refractivity contribution in [2.24, 2.45) is 0 Å². The molecule has 0 radical (unpaired) electrons. The zero-order chi connectivity index (χ0) is 23.3. The number of unbranched alkanes of at least 4 members (excludes halogenated alkanes) is 1. The highest BCUT2D eigenvalue weighted by atomic mass is 35.5. The fourth-order valence-electron chi connectivity index (χ4n) is 3.60. The molecule has 0 saturated heterocycles. The number of amides is 1. The number of rotatable bonds is 9. The minimum absolute atomic E-state index is 0.116. The lowest BCUT2D eigenvalue weighted by Crippen LogP contribution is -2.40. The minimum atomic E-state index is -0.407. The summed E-state index contributed by atoms with van der Waals surface area (Å²) in [7, 11) is 0. The van der Waals surface area contributed by atoms with Crippen molar-refractivity contribution >= 4 is 40.0 Å². The van der Waals surface area contributed by atoms with E-state index < -0.39 is 6.04 Å². The van der Waals surface area contributed by atoms with Crippen molar-refractivity contribution in [2.75, 3.05) is 13.2 Å². The van der Waals surface area contributed by atoms with E-state index in [0.717, 1.165) is 12.8 Å². The Kier molecular flexibility index (Phi) is 8.15. The van der Waals surface area contributed by atoms with E-state index in [1.807, 2.05) is 13.8 Å². The Hall–Kier alpha value is -2.57. The summed E-state index contributed by atoms with van der Waals surface area (Å²) in [6, 6.07) is 11.5. The molecule has 0 spiro atoms. The van der Waals surface area contributed by atoms with Crippen LogP contribution in [-0.4, -0.2) is 33.5 Å². The summed E-state index contributed by atoms with van der Waals surface area (Å²) in [5.41, 5.74) is 0.397. The molecule has 32 heavy (non-hydrogen) atoms. The summed E-state index contributed by atoms with van der Waals surface area (Å²) >= 11 is 12.0. The van der Waals surface area contributed by atoms with Crippen LogP contribution in [0.15, 0.2) is 47.3 Å². The first-order valence-electron chi connectivity index (χ1n) is 10.7. The molecule has 6 nitrogen and oxygen atoms in total. The van der Waals surface area contributed by atoms with Gasteiger partial charge < -0.3 is 9.64 Å². The number of hydrogen-bond donors (Lipinski definition) is 0. The standard InChI is InChI=1S/C24H27Cl2N3O3/c1-4-6-13-29(22(30)15-32-19-10-7-17(25)8-11-19)16(3)23-27-21-12-9-18(26)14-20(21)24(31)28(23)5-2/h7-12,14,16H,4-6,13,15H2,1-3H3. The van der Waals surface area contributed by atoms with Crippen LogP contribution in [0.2, 0.25) is 10.0 Å². The van der Waals surface area contributed by atoms with E-state index in [4.69, 9.17) is 32.9 Å². The predicted molar refractivity (Wildman–Crippen MR) is 129 cm³/mol. The van der Waals surface area contributed by atoms with Gasteiger partial charge in [0.25, 0.3) is 11.5 Å². The lowest BCUT2D eigenvalue weighted by Gasteiger charge is -2.30. The van der Waals surface area contributed by atoms with Crippen LogP contribution in [0.4, 0.5) is 0 Å². The van der Waals surface area contributed by atoms with Gasteiger partial charge in [0.05, 0.1) is 16.9 Å². The largest absolute Gasteiger partial charge is 0.484 e. The highest BCUT2D eigenvalue weighted by Crippen LogP contribution is 2.23. The van der Waals surface area contributed by atoms with Gasteiger partial charge in [-0.15, -0.1) is 0 Å². The minimum Gasteiger partial charge on any atom is -0.484 e. The molecule has 0 aliphatic rings. The molecular formula is C24H27Cl2N3O3. The maximum Gasteiger partial charge on any atom is 0.261 e. The zero-order valence-corrected chi connectivity index (χ0v) is 20.0. The molecule has 1 aromatic heterocycles. The molecule has 0 bridgehead atoms. The molecule has 0 aliphatic carbocycles. The van der Waals surface area contributed by atoms with E-state index in [1.54, 1.807) is 51.9 Å². The second-order valence-corrected chi connectivity index (χ2v) is 8.41. The maximum absolute atomic E-state index is 13.1. The van der Waals surface area contributed by atoms with Crippen LogP contribution in [0.5, 0.6) is 5.75 Å². The van der Waals surface area contributed by atoms with Crippen molar-refractivity contribution in [2.45, 2.75) is 46.2 Å². The topological polar surface area (TPSA) is 64.4 Å². The average Bonchev–Trinajstić information content (AvgIpc) is 2.79. The first-order chi connectivity index (χ1) is 15.3. The Morgan fingerprint density at radius 2 is 1.81 bits per heavy atom. The highest BCUT2D eigenvalue weighted by molar-refractivity contribution is 6.31. The smallest absolute Gasteiger partial charge is 0.261 e. The van der Waals surface area contributed by atoms with Crippen molar-refractivity contribution in [3.8, 4) is 5.75 Å². The van der Waals surface area contributed by atoms with Gasteiger partial charge in [-0.3, -0.25) is 14.2 Å². The van der Waals surface area contributed by atoms with E-state index >= 15 is 0 Å². The molecule has 8 heteroatoms. The number of aromatic nitrogens is 2. The van der Waals surface area contributed by atoms with Gasteiger partial charge in [-0.2, -0.15) is 0 Å². The van der Waals surface area contributed by atoms with E-state index in [9.17, 15) is 9.59 Å². The molecule has 3 aromatic rings. The predicted octanol–water partition coefficient (Wildman–Crippen LogP) is 5.49. The van der Waals surface area contributed by atoms with Crippen LogP contribution in [0.25, 0.3) is 10.9 Å². The fourth-order valence-corrected chi connectivity index (χ4v) is 3.89. The molecule has 1 heterocycles. The quantitative estimate of drug-likeness (QED) is 0.410. The van der Waals surface area contributed by atoms with E-state index in [1.165, 1.54) is 0 Å². The summed E-state index contributed by atoms with van der Waals surface area (Å²) < 4.78 is 7.29. The number of carbonyl (C=O) groups is 1. The molecule has 1 amide bonds. The molecular weight excluding hydrogens is 449 g/mol. The number of fused-ring (bicyclic) bond motifs is 1. The number of halogens is 2. The maximum atomic E-state index is 13.1. The van der Waals surface area contributed by atoms with Crippen LogP contribution >= 0.6 is 23.2 Å². The molecule has 0 N–H and O–H groups in total. The van der Waals surface area contributed by atoms with Crippen molar-refractivity contribution in [1.29, 1.82) is 0 Å². The number of carbonyl (C=O) groups excluding carboxylic acids is 1. The van der Waals surface area contributed by atoms with E-state index in [0.29, 0.717) is 45.6 Å². The Balaban J connectivity index is 1.92. The lowest BCUT2D eigenvalue weighted by molar-refractivity contribution is -0.135. The monoisotopic (exact) mass is 475 g/mol. The van der Waals surface area contributed by atoms with Crippen LogP contribution in [-0.2, 0) is 11.3 Å². The summed E-state index contributed by atoms with van der Waals surface area (Å²) in [4.78, 5) is 32.7. The van der Waals surface area contributed by atoms with Crippen LogP contribution in [0, 0.1) is 0 Å². The van der Waals surface area contributed by atoms with Crippen molar-refractivity contribution < 1.29 is 9.53 Å². The van der Waals surface area contributed by atoms with Gasteiger partial charge in [0, 0.05) is 23.1 Å². The second-order valence-electron chi connectivity index (χ2n) is 7.54. The van der Waals surface area contributed by atoms with Gasteiger partial charge in [0.15, 0.2) is 6.61 Å². The Bertz CT molecular complexity index is 1150. The summed E-state index contributed by atoms with van der Waals surface area (Å²) in [5.74, 6) is 0.939. The number of nitrogens with zero attached hydrogens (tertiary/aromatic N) is 3. The summed E-state index contributed by atoms with van der Waals surface area (Å²) in [6.07, 6.45) is 1.76. The van der Waals surface area contributed by atoms with E-state index in [2.05, 4.69) is 6.92 Å². The van der Waals surface area contributed by atoms with Crippen LogP contribution in [0.3, 0.4) is 0 Å². The third-order valence-corrected chi connectivity index (χ3v) is 5.84. The molecule has 3 rings (SSSR count). The van der Waals surface area contributed by atoms with Crippen molar-refractivity contribution in [3.63, 3.8) is 0 Å². The molecule has 0 fully saturated rings. The Morgan fingerprint density at radius 3 is 2.47 bits per heavy atom. The third-order valence-electron chi connectivity index (χ3n) is 5.35. The van der Waals surface area contributed by atoms with Gasteiger partial charge in [-0.25, -0.2) is 4.98 Å². The van der Waals surface area contributed by atoms with Crippen LogP contribution in [0.1, 0.15) is 45.5 Å². The van der Waals surface area contributed by atoms with Gasteiger partial charge >= 0.3 is 0 Å². The van der Waals surface area contributed by atoms with Crippen LogP contribution < -0.4 is 10.3 Å². The SMILES string of the molecule is CCCCN(C(=O)COc1ccc(Cl)cc1)C(C)c1nc2ccc(Cl)cc2c(=O)n1CC. The molecule has 1 unspecified atom stereocenters. The highest BCUT2D eigenvalue weighted by Gasteiger charge is 2.26. The third kappa shape index (κ3) is 5.43. The summed E-state index contributed by atoms with van der Waals surface area (Å²) in [5, 5.41) is 1.55. The van der Waals surface area contributed by atoms with Gasteiger partial charge in [0.1, 0.15) is 11.6 Å². The van der Waals surface area contributed by atoms with Crippen molar-refractivity contribution in [1.82, 2.24) is 14.5 Å². The van der Waals surface area contributed by atoms with Gasteiger partial charge in [-0.1, -0.05) is 36.5 Å². The first-order valence-corrected chi connectivity index (χ1v) is 11.5. The molecule has 170 valence electrons. The normalized spacial score (nSPS) is 12.0. The first kappa shape index (κ1) is 24.1. The molecule has 0 aliphatic heterocycles.